The first-order valence-corrected chi connectivity index (χ1v) is 9.40. The van der Waals surface area contributed by atoms with Crippen LogP contribution < -0.4 is 10.2 Å². The van der Waals surface area contributed by atoms with Crippen LogP contribution >= 0.6 is 11.3 Å². The van der Waals surface area contributed by atoms with E-state index < -0.39 is 0 Å². The lowest BCUT2D eigenvalue weighted by Crippen LogP contribution is -2.42. The maximum absolute atomic E-state index is 12.9. The molecule has 0 radical (unpaired) electrons. The molecule has 1 fully saturated rings. The molecule has 0 spiro atoms. The summed E-state index contributed by atoms with van der Waals surface area (Å²) in [4.78, 5) is 16.1. The van der Waals surface area contributed by atoms with Gasteiger partial charge in [-0.2, -0.15) is 0 Å². The predicted octanol–water partition coefficient (Wildman–Crippen LogP) is 4.75. The van der Waals surface area contributed by atoms with Crippen LogP contribution in [0.15, 0.2) is 41.8 Å². The first kappa shape index (κ1) is 14.8. The highest BCUT2D eigenvalue weighted by Gasteiger charge is 2.31. The Morgan fingerprint density at radius 3 is 2.78 bits per heavy atom. The predicted molar refractivity (Wildman–Crippen MR) is 95.0 cm³/mol. The molecule has 2 aliphatic rings. The molecule has 1 N–H and O–H groups in total. The molecule has 3 nitrogen and oxygen atoms in total. The second kappa shape index (κ2) is 6.36. The average molecular weight is 326 g/mol. The Morgan fingerprint density at radius 2 is 2.00 bits per heavy atom. The van der Waals surface area contributed by atoms with Crippen LogP contribution in [0.2, 0.25) is 0 Å². The van der Waals surface area contributed by atoms with Gasteiger partial charge in [-0.15, -0.1) is 11.3 Å². The number of anilines is 1. The Balaban J connectivity index is 1.54. The second-order valence-electron chi connectivity index (χ2n) is 6.52. The number of nitrogens with zero attached hydrogens (tertiary/aromatic N) is 1. The number of carbonyl (C=O) groups excluding carboxylic acids is 1. The summed E-state index contributed by atoms with van der Waals surface area (Å²) in [6.07, 6.45) is 5.97. The number of urea groups is 1. The molecule has 120 valence electrons. The van der Waals surface area contributed by atoms with Gasteiger partial charge in [0.25, 0.3) is 0 Å². The van der Waals surface area contributed by atoms with Crippen LogP contribution in [-0.2, 0) is 6.42 Å². The number of hydrogen-bond donors (Lipinski definition) is 1. The van der Waals surface area contributed by atoms with Crippen LogP contribution in [0.25, 0.3) is 0 Å². The molecule has 4 heteroatoms. The molecular formula is C19H22N2OS. The Bertz CT molecular complexity index is 676. The van der Waals surface area contributed by atoms with Gasteiger partial charge in [0.15, 0.2) is 0 Å². The van der Waals surface area contributed by atoms with Crippen LogP contribution in [0.5, 0.6) is 0 Å². The van der Waals surface area contributed by atoms with Crippen molar-refractivity contribution in [2.45, 2.75) is 38.1 Å². The van der Waals surface area contributed by atoms with Gasteiger partial charge in [0.2, 0.25) is 0 Å². The number of carbonyl (C=O) groups is 1. The molecule has 1 aromatic carbocycles. The zero-order valence-electron chi connectivity index (χ0n) is 13.2. The fourth-order valence-electron chi connectivity index (χ4n) is 3.94. The molecule has 1 unspecified atom stereocenters. The largest absolute Gasteiger partial charge is 0.330 e. The number of fused-ring (bicyclic) bond motifs is 1. The fraction of sp³-hybridized carbons (Fsp3) is 0.421. The first-order chi connectivity index (χ1) is 11.3. The zero-order valence-corrected chi connectivity index (χ0v) is 14.0. The van der Waals surface area contributed by atoms with E-state index in [4.69, 9.17) is 0 Å². The second-order valence-corrected chi connectivity index (χ2v) is 7.50. The summed E-state index contributed by atoms with van der Waals surface area (Å²) in [6, 6.07) is 12.7. The number of nitrogens with one attached hydrogen (secondary N) is 1. The van der Waals surface area contributed by atoms with E-state index in [-0.39, 0.29) is 12.1 Å². The zero-order chi connectivity index (χ0) is 15.6. The van der Waals surface area contributed by atoms with Crippen LogP contribution in [0.3, 0.4) is 0 Å². The molecule has 0 saturated heterocycles. The fourth-order valence-corrected chi connectivity index (χ4v) is 4.81. The summed E-state index contributed by atoms with van der Waals surface area (Å²) in [5.74, 6) is 0.579. The normalized spacial score (nSPS) is 18.9. The molecule has 0 bridgehead atoms. The molecule has 1 aliphatic heterocycles. The third-order valence-corrected chi connectivity index (χ3v) is 6.09. The quantitative estimate of drug-likeness (QED) is 0.867. The van der Waals surface area contributed by atoms with Gasteiger partial charge in [0.05, 0.1) is 6.04 Å². The molecule has 1 saturated carbocycles. The Morgan fingerprint density at radius 1 is 1.17 bits per heavy atom. The summed E-state index contributed by atoms with van der Waals surface area (Å²) in [5.41, 5.74) is 2.34. The van der Waals surface area contributed by atoms with Crippen molar-refractivity contribution in [3.63, 3.8) is 0 Å². The monoisotopic (exact) mass is 326 g/mol. The highest BCUT2D eigenvalue weighted by atomic mass is 32.1. The van der Waals surface area contributed by atoms with E-state index in [1.165, 1.54) is 36.1 Å². The van der Waals surface area contributed by atoms with Crippen molar-refractivity contribution in [3.8, 4) is 0 Å². The first-order valence-electron chi connectivity index (χ1n) is 8.52. The maximum Gasteiger partial charge on any atom is 0.322 e. The molecule has 1 aliphatic carbocycles. The third-order valence-electron chi connectivity index (χ3n) is 5.13. The Labute approximate surface area is 141 Å². The standard InChI is InChI=1S/C19H22N2OS/c22-19(21-12-11-14-6-3-4-9-16(14)21)20-18(15-7-1-2-8-15)17-10-5-13-23-17/h3-6,9-10,13,15,18H,1-2,7-8,11-12H2,(H,20,22). The molecule has 1 aromatic heterocycles. The summed E-state index contributed by atoms with van der Waals surface area (Å²) in [5, 5.41) is 5.45. The van der Waals surface area contributed by atoms with Gasteiger partial charge in [-0.1, -0.05) is 37.1 Å². The molecule has 23 heavy (non-hydrogen) atoms. The molecule has 2 aromatic rings. The minimum Gasteiger partial charge on any atom is -0.330 e. The van der Waals surface area contributed by atoms with E-state index in [0.29, 0.717) is 5.92 Å². The smallest absolute Gasteiger partial charge is 0.322 e. The van der Waals surface area contributed by atoms with Crippen molar-refractivity contribution in [1.82, 2.24) is 5.32 Å². The number of para-hydroxylation sites is 1. The highest BCUT2D eigenvalue weighted by Crippen LogP contribution is 2.38. The Hall–Kier alpha value is -1.81. The van der Waals surface area contributed by atoms with E-state index in [9.17, 15) is 4.79 Å². The third kappa shape index (κ3) is 2.88. The number of benzene rings is 1. The number of thiophene rings is 1. The number of hydrogen-bond acceptors (Lipinski definition) is 2. The van der Waals surface area contributed by atoms with Crippen molar-refractivity contribution < 1.29 is 4.79 Å². The van der Waals surface area contributed by atoms with E-state index in [1.54, 1.807) is 11.3 Å². The maximum atomic E-state index is 12.9. The summed E-state index contributed by atoms with van der Waals surface area (Å²) < 4.78 is 0. The molecule has 2 heterocycles. The van der Waals surface area contributed by atoms with E-state index in [2.05, 4.69) is 35.0 Å². The minimum atomic E-state index is 0.0558. The summed E-state index contributed by atoms with van der Waals surface area (Å²) >= 11 is 1.75. The molecule has 4 rings (SSSR count). The van der Waals surface area contributed by atoms with E-state index in [1.807, 2.05) is 17.0 Å². The number of amides is 2. The van der Waals surface area contributed by atoms with Gasteiger partial charge in [-0.05, 0) is 48.3 Å². The summed E-state index contributed by atoms with van der Waals surface area (Å²) in [6.45, 7) is 0.785. The molecule has 1 atom stereocenters. The molecule has 2 amide bonds. The molecular weight excluding hydrogens is 304 g/mol. The van der Waals surface area contributed by atoms with Crippen molar-refractivity contribution >= 4 is 23.1 Å². The lowest BCUT2D eigenvalue weighted by Gasteiger charge is -2.27. The minimum absolute atomic E-state index is 0.0558. The van der Waals surface area contributed by atoms with Gasteiger partial charge in [-0.25, -0.2) is 4.79 Å². The van der Waals surface area contributed by atoms with Crippen LogP contribution in [-0.4, -0.2) is 12.6 Å². The lowest BCUT2D eigenvalue weighted by molar-refractivity contribution is 0.237. The number of rotatable bonds is 3. The Kier molecular flexibility index (Phi) is 4.08. The van der Waals surface area contributed by atoms with Gasteiger partial charge >= 0.3 is 6.03 Å². The van der Waals surface area contributed by atoms with E-state index in [0.717, 1.165) is 18.7 Å². The van der Waals surface area contributed by atoms with Crippen LogP contribution in [0.4, 0.5) is 10.5 Å². The topological polar surface area (TPSA) is 32.3 Å². The van der Waals surface area contributed by atoms with Crippen molar-refractivity contribution in [3.05, 3.63) is 52.2 Å². The van der Waals surface area contributed by atoms with Crippen LogP contribution in [0, 0.1) is 5.92 Å². The van der Waals surface area contributed by atoms with Gasteiger partial charge < -0.3 is 5.32 Å². The highest BCUT2D eigenvalue weighted by molar-refractivity contribution is 7.10. The lowest BCUT2D eigenvalue weighted by atomic mass is 9.97. The van der Waals surface area contributed by atoms with E-state index >= 15 is 0 Å². The van der Waals surface area contributed by atoms with Crippen molar-refractivity contribution in [1.29, 1.82) is 0 Å². The van der Waals surface area contributed by atoms with Gasteiger partial charge in [0, 0.05) is 17.1 Å². The van der Waals surface area contributed by atoms with Crippen LogP contribution in [0.1, 0.15) is 42.2 Å². The van der Waals surface area contributed by atoms with Crippen molar-refractivity contribution in [2.24, 2.45) is 5.92 Å². The van der Waals surface area contributed by atoms with Gasteiger partial charge in [0.1, 0.15) is 0 Å². The SMILES string of the molecule is O=C(NC(c1cccs1)C1CCCC1)N1CCc2ccccc21. The van der Waals surface area contributed by atoms with Crippen molar-refractivity contribution in [2.75, 3.05) is 11.4 Å². The van der Waals surface area contributed by atoms with Gasteiger partial charge in [-0.3, -0.25) is 4.90 Å². The average Bonchev–Trinajstić information content (AvgIpc) is 3.33. The summed E-state index contributed by atoms with van der Waals surface area (Å²) in [7, 11) is 0.